The van der Waals surface area contributed by atoms with E-state index in [1.807, 2.05) is 5.32 Å². The highest BCUT2D eigenvalue weighted by molar-refractivity contribution is 6.30. The van der Waals surface area contributed by atoms with E-state index in [-0.39, 0.29) is 10.8 Å². The number of nitrogens with one attached hydrogen (secondary N) is 1. The summed E-state index contributed by atoms with van der Waals surface area (Å²) < 4.78 is 17.9. The van der Waals surface area contributed by atoms with E-state index in [2.05, 4.69) is 0 Å². The molecule has 0 saturated carbocycles. The molecule has 3 amide bonds. The van der Waals surface area contributed by atoms with Crippen LogP contribution in [0.1, 0.15) is 0 Å². The zero-order valence-electron chi connectivity index (χ0n) is 10.1. The number of carbonyl (C=O) groups excluding carboxylic acids is 3. The molecule has 5 N–H and O–H groups in total. The van der Waals surface area contributed by atoms with E-state index in [1.165, 1.54) is 12.1 Å². The topological polar surface area (TPSA) is 125 Å². The third kappa shape index (κ3) is 4.39. The summed E-state index contributed by atoms with van der Waals surface area (Å²) in [4.78, 5) is 33.1. The maximum Gasteiger partial charge on any atom is 0.258 e. The van der Waals surface area contributed by atoms with Gasteiger partial charge in [0.25, 0.3) is 5.91 Å². The molecule has 0 heterocycles. The second-order valence-electron chi connectivity index (χ2n) is 3.67. The fourth-order valence-corrected chi connectivity index (χ4v) is 1.37. The second kappa shape index (κ2) is 6.71. The van der Waals surface area contributed by atoms with Gasteiger partial charge in [0.05, 0.1) is 5.02 Å². The Labute approximate surface area is 118 Å². The molecule has 20 heavy (non-hydrogen) atoms. The van der Waals surface area contributed by atoms with Gasteiger partial charge in [-0.25, -0.2) is 4.39 Å². The average Bonchev–Trinajstić information content (AvgIpc) is 2.36. The van der Waals surface area contributed by atoms with Gasteiger partial charge in [0.15, 0.2) is 12.6 Å². The quantitative estimate of drug-likeness (QED) is 0.602. The molecule has 9 heteroatoms. The van der Waals surface area contributed by atoms with Crippen LogP contribution in [0.2, 0.25) is 5.02 Å². The third-order valence-corrected chi connectivity index (χ3v) is 2.43. The summed E-state index contributed by atoms with van der Waals surface area (Å²) >= 11 is 5.52. The highest BCUT2D eigenvalue weighted by Gasteiger charge is 2.23. The van der Waals surface area contributed by atoms with Crippen molar-refractivity contribution in [1.82, 2.24) is 5.32 Å². The number of halogens is 2. The lowest BCUT2D eigenvalue weighted by Crippen LogP contribution is -2.53. The van der Waals surface area contributed by atoms with Crippen LogP contribution in [0.5, 0.6) is 5.75 Å². The average molecular weight is 304 g/mol. The lowest BCUT2D eigenvalue weighted by molar-refractivity contribution is -0.134. The summed E-state index contributed by atoms with van der Waals surface area (Å²) in [6.07, 6.45) is 0. The number of carbonyl (C=O) groups is 3. The number of hydrogen-bond acceptors (Lipinski definition) is 4. The molecular weight excluding hydrogens is 293 g/mol. The number of rotatable bonds is 6. The minimum Gasteiger partial charge on any atom is -0.484 e. The Balaban J connectivity index is 2.56. The van der Waals surface area contributed by atoms with E-state index in [1.54, 1.807) is 0 Å². The van der Waals surface area contributed by atoms with E-state index >= 15 is 0 Å². The maximum absolute atomic E-state index is 12.9. The molecule has 0 saturated heterocycles. The fraction of sp³-hybridized carbons (Fsp3) is 0.182. The molecule has 7 nitrogen and oxygen atoms in total. The van der Waals surface area contributed by atoms with Crippen LogP contribution >= 0.6 is 11.6 Å². The van der Waals surface area contributed by atoms with Crippen LogP contribution in [0.4, 0.5) is 4.39 Å². The van der Waals surface area contributed by atoms with Crippen molar-refractivity contribution < 1.29 is 23.5 Å². The van der Waals surface area contributed by atoms with Crippen molar-refractivity contribution in [2.24, 2.45) is 11.5 Å². The van der Waals surface area contributed by atoms with Crippen molar-refractivity contribution in [2.45, 2.75) is 6.04 Å². The van der Waals surface area contributed by atoms with Crippen LogP contribution in [-0.4, -0.2) is 30.4 Å². The van der Waals surface area contributed by atoms with E-state index in [0.29, 0.717) is 0 Å². The Morgan fingerprint density at radius 2 is 1.90 bits per heavy atom. The van der Waals surface area contributed by atoms with Crippen molar-refractivity contribution in [1.29, 1.82) is 0 Å². The van der Waals surface area contributed by atoms with E-state index in [9.17, 15) is 18.8 Å². The molecule has 0 aromatic heterocycles. The maximum atomic E-state index is 12.9. The monoisotopic (exact) mass is 303 g/mol. The summed E-state index contributed by atoms with van der Waals surface area (Å²) in [6, 6.07) is 1.87. The van der Waals surface area contributed by atoms with Gasteiger partial charge in [-0.15, -0.1) is 0 Å². The number of primary amides is 2. The molecule has 0 unspecified atom stereocenters. The van der Waals surface area contributed by atoms with Gasteiger partial charge in [0.1, 0.15) is 11.6 Å². The lowest BCUT2D eigenvalue weighted by Gasteiger charge is -2.12. The molecule has 0 fully saturated rings. The van der Waals surface area contributed by atoms with Crippen LogP contribution in [-0.2, 0) is 14.4 Å². The highest BCUT2D eigenvalue weighted by Crippen LogP contribution is 2.20. The standard InChI is InChI=1S/C11H11ClFN3O4/c12-6-3-5(1-2-7(6)13)20-4-8(17)16-9(10(14)18)11(15)19/h1-3,9H,4H2,(H2,14,18)(H2,15,19)(H,16,17). The van der Waals surface area contributed by atoms with Crippen molar-refractivity contribution >= 4 is 29.3 Å². The van der Waals surface area contributed by atoms with E-state index in [4.69, 9.17) is 27.8 Å². The number of nitrogens with two attached hydrogens (primary N) is 2. The summed E-state index contributed by atoms with van der Waals surface area (Å²) in [5.41, 5.74) is 9.75. The predicted octanol–water partition coefficient (Wildman–Crippen LogP) is -0.687. The van der Waals surface area contributed by atoms with Gasteiger partial charge in [0.2, 0.25) is 11.8 Å². The van der Waals surface area contributed by atoms with E-state index < -0.39 is 36.2 Å². The number of benzene rings is 1. The first-order valence-electron chi connectivity index (χ1n) is 5.27. The smallest absolute Gasteiger partial charge is 0.258 e. The van der Waals surface area contributed by atoms with Crippen LogP contribution in [0.15, 0.2) is 18.2 Å². The zero-order chi connectivity index (χ0) is 15.3. The van der Waals surface area contributed by atoms with Crippen molar-refractivity contribution in [3.05, 3.63) is 29.0 Å². The summed E-state index contributed by atoms with van der Waals surface area (Å²) in [5.74, 6) is -3.47. The minimum atomic E-state index is -1.62. The van der Waals surface area contributed by atoms with Gasteiger partial charge in [-0.05, 0) is 12.1 Å². The Morgan fingerprint density at radius 3 is 2.40 bits per heavy atom. The van der Waals surface area contributed by atoms with Crippen LogP contribution in [0, 0.1) is 5.82 Å². The Kier molecular flexibility index (Phi) is 5.27. The number of hydrogen-bond donors (Lipinski definition) is 3. The summed E-state index contributed by atoms with van der Waals surface area (Å²) in [6.45, 7) is -0.529. The fourth-order valence-electron chi connectivity index (χ4n) is 1.20. The number of ether oxygens (including phenoxy) is 1. The zero-order valence-corrected chi connectivity index (χ0v) is 10.8. The molecule has 0 aliphatic carbocycles. The van der Waals surface area contributed by atoms with Crippen LogP contribution in [0.3, 0.4) is 0 Å². The van der Waals surface area contributed by atoms with Gasteiger partial charge in [-0.1, -0.05) is 11.6 Å². The highest BCUT2D eigenvalue weighted by atomic mass is 35.5. The Bertz CT molecular complexity index is 538. The van der Waals surface area contributed by atoms with Crippen LogP contribution < -0.4 is 21.5 Å². The first-order valence-corrected chi connectivity index (χ1v) is 5.65. The lowest BCUT2D eigenvalue weighted by atomic mass is 10.2. The molecule has 1 rings (SSSR count). The first-order chi connectivity index (χ1) is 9.31. The molecule has 0 aliphatic heterocycles. The summed E-state index contributed by atoms with van der Waals surface area (Å²) in [5, 5.41) is 1.82. The SMILES string of the molecule is NC(=O)C(NC(=O)COc1ccc(F)c(Cl)c1)C(N)=O. The molecule has 1 aromatic carbocycles. The van der Waals surface area contributed by atoms with Crippen molar-refractivity contribution in [2.75, 3.05) is 6.61 Å². The Hall–Kier alpha value is -2.35. The molecular formula is C11H11ClFN3O4. The molecule has 0 aliphatic rings. The molecule has 0 spiro atoms. The van der Waals surface area contributed by atoms with Gasteiger partial charge in [-0.2, -0.15) is 0 Å². The predicted molar refractivity (Wildman–Crippen MR) is 67.2 cm³/mol. The third-order valence-electron chi connectivity index (χ3n) is 2.14. The largest absolute Gasteiger partial charge is 0.484 e. The van der Waals surface area contributed by atoms with Gasteiger partial charge >= 0.3 is 0 Å². The van der Waals surface area contributed by atoms with E-state index in [0.717, 1.165) is 6.07 Å². The molecule has 1 aromatic rings. The number of amides is 3. The van der Waals surface area contributed by atoms with Crippen LogP contribution in [0.25, 0.3) is 0 Å². The normalized spacial score (nSPS) is 10.2. The molecule has 0 atom stereocenters. The molecule has 0 radical (unpaired) electrons. The van der Waals surface area contributed by atoms with Crippen molar-refractivity contribution in [3.8, 4) is 5.75 Å². The molecule has 0 bridgehead atoms. The summed E-state index contributed by atoms with van der Waals surface area (Å²) in [7, 11) is 0. The first kappa shape index (κ1) is 15.7. The van der Waals surface area contributed by atoms with Gasteiger partial charge in [-0.3, -0.25) is 14.4 Å². The minimum absolute atomic E-state index is 0.140. The molecule has 108 valence electrons. The second-order valence-corrected chi connectivity index (χ2v) is 4.08. The Morgan fingerprint density at radius 1 is 1.30 bits per heavy atom. The van der Waals surface area contributed by atoms with Gasteiger partial charge < -0.3 is 21.5 Å². The van der Waals surface area contributed by atoms with Crippen molar-refractivity contribution in [3.63, 3.8) is 0 Å². The van der Waals surface area contributed by atoms with Gasteiger partial charge in [0, 0.05) is 6.07 Å².